The van der Waals surface area contributed by atoms with Crippen LogP contribution in [0.1, 0.15) is 42.4 Å². The molecular formula is C14H18O2. The van der Waals surface area contributed by atoms with Gasteiger partial charge in [0.2, 0.25) is 0 Å². The van der Waals surface area contributed by atoms with Gasteiger partial charge in [-0.05, 0) is 68.7 Å². The van der Waals surface area contributed by atoms with E-state index in [0.29, 0.717) is 5.75 Å². The highest BCUT2D eigenvalue weighted by Crippen LogP contribution is 2.47. The molecule has 0 saturated heterocycles. The van der Waals surface area contributed by atoms with Crippen LogP contribution in [0.3, 0.4) is 0 Å². The van der Waals surface area contributed by atoms with Crippen molar-refractivity contribution in [3.05, 3.63) is 22.8 Å². The Hall–Kier alpha value is -1.18. The van der Waals surface area contributed by atoms with Gasteiger partial charge in [-0.25, -0.2) is 0 Å². The van der Waals surface area contributed by atoms with Gasteiger partial charge in [-0.15, -0.1) is 0 Å². The first kappa shape index (κ1) is 10.0. The Labute approximate surface area is 96.2 Å². The first-order chi connectivity index (χ1) is 7.61. The smallest absolute Gasteiger partial charge is 0.126 e. The van der Waals surface area contributed by atoms with Gasteiger partial charge in [0.25, 0.3) is 0 Å². The largest absolute Gasteiger partial charge is 0.508 e. The summed E-state index contributed by atoms with van der Waals surface area (Å²) in [4.78, 5) is 0. The minimum absolute atomic E-state index is 0.140. The van der Waals surface area contributed by atoms with E-state index in [1.54, 1.807) is 0 Å². The van der Waals surface area contributed by atoms with Crippen LogP contribution in [0.15, 0.2) is 6.07 Å². The lowest BCUT2D eigenvalue weighted by Gasteiger charge is -2.46. The normalized spacial score (nSPS) is 21.1. The summed E-state index contributed by atoms with van der Waals surface area (Å²) in [6.07, 6.45) is 5.86. The van der Waals surface area contributed by atoms with Gasteiger partial charge in [-0.3, -0.25) is 0 Å². The zero-order valence-corrected chi connectivity index (χ0v) is 9.97. The summed E-state index contributed by atoms with van der Waals surface area (Å²) in [6, 6.07) is 1.88. The van der Waals surface area contributed by atoms with Crippen molar-refractivity contribution in [2.45, 2.75) is 51.6 Å². The molecule has 0 bridgehead atoms. The van der Waals surface area contributed by atoms with E-state index < -0.39 is 0 Å². The average Bonchev–Trinajstić information content (AvgIpc) is 2.24. The number of benzene rings is 1. The van der Waals surface area contributed by atoms with Gasteiger partial charge in [-0.2, -0.15) is 0 Å². The number of ether oxygens (including phenoxy) is 1. The molecule has 0 aromatic heterocycles. The van der Waals surface area contributed by atoms with Crippen LogP contribution < -0.4 is 4.74 Å². The van der Waals surface area contributed by atoms with Crippen LogP contribution in [0, 0.1) is 13.8 Å². The molecule has 1 heterocycles. The summed E-state index contributed by atoms with van der Waals surface area (Å²) < 4.78 is 6.21. The van der Waals surface area contributed by atoms with Gasteiger partial charge in [-0.1, -0.05) is 0 Å². The van der Waals surface area contributed by atoms with Gasteiger partial charge in [0.15, 0.2) is 0 Å². The maximum absolute atomic E-state index is 9.80. The number of rotatable bonds is 0. The highest BCUT2D eigenvalue weighted by Gasteiger charge is 2.42. The van der Waals surface area contributed by atoms with E-state index in [-0.39, 0.29) is 5.60 Å². The Kier molecular flexibility index (Phi) is 1.97. The Balaban J connectivity index is 2.06. The molecule has 0 unspecified atom stereocenters. The van der Waals surface area contributed by atoms with Gasteiger partial charge in [0.1, 0.15) is 17.1 Å². The molecule has 1 aliphatic heterocycles. The lowest BCUT2D eigenvalue weighted by Crippen LogP contribution is -2.45. The minimum atomic E-state index is 0.140. The van der Waals surface area contributed by atoms with E-state index in [4.69, 9.17) is 4.74 Å². The number of aryl methyl sites for hydroxylation is 1. The Bertz CT molecular complexity index is 445. The predicted octanol–water partition coefficient (Wildman–Crippen LogP) is 3.26. The first-order valence-corrected chi connectivity index (χ1v) is 6.12. The van der Waals surface area contributed by atoms with Crippen LogP contribution in [0.2, 0.25) is 0 Å². The van der Waals surface area contributed by atoms with Crippen LogP contribution in [0.4, 0.5) is 0 Å². The molecule has 2 heteroatoms. The van der Waals surface area contributed by atoms with E-state index in [1.165, 1.54) is 24.8 Å². The number of phenolic OH excluding ortho intramolecular Hbond substituents is 1. The molecule has 1 aromatic carbocycles. The predicted molar refractivity (Wildman–Crippen MR) is 63.1 cm³/mol. The molecule has 1 fully saturated rings. The molecule has 86 valence electrons. The van der Waals surface area contributed by atoms with Crippen molar-refractivity contribution in [3.63, 3.8) is 0 Å². The molecule has 1 spiro atoms. The summed E-state index contributed by atoms with van der Waals surface area (Å²) in [6.45, 7) is 4.00. The minimum Gasteiger partial charge on any atom is -0.508 e. The Morgan fingerprint density at radius 3 is 2.56 bits per heavy atom. The number of hydrogen-bond acceptors (Lipinski definition) is 2. The van der Waals surface area contributed by atoms with Crippen LogP contribution in [0.25, 0.3) is 0 Å². The zero-order valence-electron chi connectivity index (χ0n) is 9.97. The molecule has 1 aromatic rings. The highest BCUT2D eigenvalue weighted by molar-refractivity contribution is 5.53. The van der Waals surface area contributed by atoms with Crippen molar-refractivity contribution >= 4 is 0 Å². The summed E-state index contributed by atoms with van der Waals surface area (Å²) in [7, 11) is 0. The third kappa shape index (κ3) is 1.25. The molecule has 2 nitrogen and oxygen atoms in total. The average molecular weight is 218 g/mol. The molecule has 2 aliphatic rings. The van der Waals surface area contributed by atoms with E-state index in [0.717, 1.165) is 29.7 Å². The fourth-order valence-corrected chi connectivity index (χ4v) is 2.82. The topological polar surface area (TPSA) is 29.5 Å². The number of hydrogen-bond donors (Lipinski definition) is 1. The molecule has 1 aliphatic carbocycles. The van der Waals surface area contributed by atoms with E-state index in [1.807, 2.05) is 19.9 Å². The highest BCUT2D eigenvalue weighted by atomic mass is 16.5. The van der Waals surface area contributed by atoms with Gasteiger partial charge in [0, 0.05) is 0 Å². The molecule has 0 amide bonds. The van der Waals surface area contributed by atoms with Crippen molar-refractivity contribution in [2.75, 3.05) is 0 Å². The quantitative estimate of drug-likeness (QED) is 0.724. The number of phenols is 1. The third-order valence-electron chi connectivity index (χ3n) is 4.32. The number of fused-ring (bicyclic) bond motifs is 1. The molecule has 0 radical (unpaired) electrons. The summed E-state index contributed by atoms with van der Waals surface area (Å²) >= 11 is 0. The Morgan fingerprint density at radius 2 is 1.94 bits per heavy atom. The molecule has 1 saturated carbocycles. The maximum Gasteiger partial charge on any atom is 0.126 e. The molecule has 1 N–H and O–H groups in total. The summed E-state index contributed by atoms with van der Waals surface area (Å²) in [5.41, 5.74) is 3.38. The standard InChI is InChI=1S/C14H18O2/c1-9-10(2)13-11(8-12(9)15)4-7-14(16-13)5-3-6-14/h8,15H,3-7H2,1-2H3. The summed E-state index contributed by atoms with van der Waals surface area (Å²) in [5.74, 6) is 1.45. The second kappa shape index (κ2) is 3.16. The second-order valence-electron chi connectivity index (χ2n) is 5.27. The zero-order chi connectivity index (χ0) is 11.3. The fourth-order valence-electron chi connectivity index (χ4n) is 2.82. The van der Waals surface area contributed by atoms with Crippen molar-refractivity contribution < 1.29 is 9.84 Å². The van der Waals surface area contributed by atoms with Crippen LogP contribution in [-0.2, 0) is 6.42 Å². The molecule has 0 atom stereocenters. The molecular weight excluding hydrogens is 200 g/mol. The van der Waals surface area contributed by atoms with Crippen molar-refractivity contribution in [1.82, 2.24) is 0 Å². The van der Waals surface area contributed by atoms with Crippen molar-refractivity contribution in [3.8, 4) is 11.5 Å². The van der Waals surface area contributed by atoms with E-state index in [9.17, 15) is 5.11 Å². The number of aromatic hydroxyl groups is 1. The maximum atomic E-state index is 9.80. The SMILES string of the molecule is Cc1c(O)cc2c(c1C)OC1(CCC1)CC2. The van der Waals surface area contributed by atoms with Crippen molar-refractivity contribution in [2.24, 2.45) is 0 Å². The Morgan fingerprint density at radius 1 is 1.19 bits per heavy atom. The van der Waals surface area contributed by atoms with Crippen LogP contribution in [-0.4, -0.2) is 10.7 Å². The second-order valence-corrected chi connectivity index (χ2v) is 5.27. The van der Waals surface area contributed by atoms with E-state index >= 15 is 0 Å². The fraction of sp³-hybridized carbons (Fsp3) is 0.571. The van der Waals surface area contributed by atoms with Gasteiger partial charge in [0.05, 0.1) is 0 Å². The lowest BCUT2D eigenvalue weighted by atomic mass is 9.74. The monoisotopic (exact) mass is 218 g/mol. The van der Waals surface area contributed by atoms with Crippen molar-refractivity contribution in [1.29, 1.82) is 0 Å². The van der Waals surface area contributed by atoms with Gasteiger partial charge >= 0.3 is 0 Å². The van der Waals surface area contributed by atoms with E-state index in [2.05, 4.69) is 0 Å². The molecule has 3 rings (SSSR count). The van der Waals surface area contributed by atoms with Crippen LogP contribution in [0.5, 0.6) is 11.5 Å². The third-order valence-corrected chi connectivity index (χ3v) is 4.32. The molecule has 16 heavy (non-hydrogen) atoms. The lowest BCUT2D eigenvalue weighted by molar-refractivity contribution is -0.0256. The first-order valence-electron chi connectivity index (χ1n) is 6.12. The summed E-state index contributed by atoms with van der Waals surface area (Å²) in [5, 5.41) is 9.80. The van der Waals surface area contributed by atoms with Gasteiger partial charge < -0.3 is 9.84 Å². The van der Waals surface area contributed by atoms with Crippen LogP contribution >= 0.6 is 0 Å².